The Morgan fingerprint density at radius 1 is 1.00 bits per heavy atom. The van der Waals surface area contributed by atoms with Crippen molar-refractivity contribution in [1.82, 2.24) is 5.32 Å². The topological polar surface area (TPSA) is 54.6 Å². The van der Waals surface area contributed by atoms with E-state index in [9.17, 15) is 18.0 Å². The SMILES string of the molecule is O=C1NC(=Nc2ccccc2)S/C1=C/c1ccc(-c2cccc(C(F)(F)F)c2)o1. The number of benzene rings is 2. The highest BCUT2D eigenvalue weighted by atomic mass is 32.2. The van der Waals surface area contributed by atoms with E-state index in [0.29, 0.717) is 27.1 Å². The molecule has 0 unspecified atom stereocenters. The van der Waals surface area contributed by atoms with Gasteiger partial charge in [0.2, 0.25) is 0 Å². The van der Waals surface area contributed by atoms with Gasteiger partial charge in [0, 0.05) is 11.6 Å². The van der Waals surface area contributed by atoms with Crippen LogP contribution in [0.3, 0.4) is 0 Å². The number of para-hydroxylation sites is 1. The average molecular weight is 414 g/mol. The Morgan fingerprint density at radius 2 is 1.79 bits per heavy atom. The van der Waals surface area contributed by atoms with Crippen LogP contribution in [0, 0.1) is 0 Å². The minimum atomic E-state index is -4.43. The lowest BCUT2D eigenvalue weighted by Gasteiger charge is -2.07. The van der Waals surface area contributed by atoms with Crippen LogP contribution in [0.1, 0.15) is 11.3 Å². The fourth-order valence-electron chi connectivity index (χ4n) is 2.66. The predicted molar refractivity (Wildman–Crippen MR) is 106 cm³/mol. The van der Waals surface area contributed by atoms with Gasteiger partial charge in [0.1, 0.15) is 11.5 Å². The van der Waals surface area contributed by atoms with Crippen molar-refractivity contribution in [3.05, 3.63) is 83.0 Å². The molecule has 0 atom stereocenters. The lowest BCUT2D eigenvalue weighted by Crippen LogP contribution is -2.19. The van der Waals surface area contributed by atoms with E-state index in [1.54, 1.807) is 12.1 Å². The van der Waals surface area contributed by atoms with E-state index in [2.05, 4.69) is 10.3 Å². The third kappa shape index (κ3) is 4.43. The average Bonchev–Trinajstić information content (AvgIpc) is 3.29. The molecule has 1 N–H and O–H groups in total. The fourth-order valence-corrected chi connectivity index (χ4v) is 3.49. The molecule has 29 heavy (non-hydrogen) atoms. The van der Waals surface area contributed by atoms with Crippen LogP contribution in [0.5, 0.6) is 0 Å². The monoisotopic (exact) mass is 414 g/mol. The number of nitrogens with one attached hydrogen (secondary N) is 1. The quantitative estimate of drug-likeness (QED) is 0.547. The maximum Gasteiger partial charge on any atom is 0.416 e. The summed E-state index contributed by atoms with van der Waals surface area (Å²) in [6.45, 7) is 0. The van der Waals surface area contributed by atoms with Crippen molar-refractivity contribution in [2.45, 2.75) is 6.18 Å². The Morgan fingerprint density at radius 3 is 2.55 bits per heavy atom. The molecule has 3 aromatic rings. The number of furan rings is 1. The summed E-state index contributed by atoms with van der Waals surface area (Å²) < 4.78 is 44.3. The van der Waals surface area contributed by atoms with Crippen molar-refractivity contribution in [3.63, 3.8) is 0 Å². The van der Waals surface area contributed by atoms with Gasteiger partial charge in [-0.1, -0.05) is 30.3 Å². The number of amidine groups is 1. The zero-order chi connectivity index (χ0) is 20.4. The van der Waals surface area contributed by atoms with Gasteiger partial charge in [-0.2, -0.15) is 13.2 Å². The van der Waals surface area contributed by atoms with E-state index in [1.165, 1.54) is 18.2 Å². The van der Waals surface area contributed by atoms with Gasteiger partial charge in [-0.3, -0.25) is 4.79 Å². The Balaban J connectivity index is 1.55. The fraction of sp³-hybridized carbons (Fsp3) is 0.0476. The lowest BCUT2D eigenvalue weighted by molar-refractivity contribution is -0.137. The molecule has 1 aliphatic heterocycles. The summed E-state index contributed by atoms with van der Waals surface area (Å²) in [6.07, 6.45) is -2.90. The second-order valence-electron chi connectivity index (χ2n) is 6.10. The maximum absolute atomic E-state index is 12.9. The standard InChI is InChI=1S/C21H13F3N2O2S/c22-21(23,24)14-6-4-5-13(11-14)17-10-9-16(28-17)12-18-19(27)26-20(29-18)25-15-7-2-1-3-8-15/h1-12H,(H,25,26,27)/b18-12+. The first-order chi connectivity index (χ1) is 13.9. The summed E-state index contributed by atoms with van der Waals surface area (Å²) in [7, 11) is 0. The van der Waals surface area contributed by atoms with E-state index in [0.717, 1.165) is 23.9 Å². The molecule has 1 amide bonds. The van der Waals surface area contributed by atoms with Gasteiger partial charge in [-0.25, -0.2) is 4.99 Å². The Labute approximate surface area is 168 Å². The third-order valence-electron chi connectivity index (χ3n) is 4.01. The summed E-state index contributed by atoms with van der Waals surface area (Å²) in [4.78, 5) is 16.9. The highest BCUT2D eigenvalue weighted by Crippen LogP contribution is 2.34. The molecule has 146 valence electrons. The van der Waals surface area contributed by atoms with Crippen molar-refractivity contribution in [3.8, 4) is 11.3 Å². The van der Waals surface area contributed by atoms with Crippen molar-refractivity contribution >= 4 is 34.6 Å². The van der Waals surface area contributed by atoms with E-state index < -0.39 is 11.7 Å². The van der Waals surface area contributed by atoms with Gasteiger partial charge >= 0.3 is 6.18 Å². The number of halogens is 3. The molecule has 8 heteroatoms. The second-order valence-corrected chi connectivity index (χ2v) is 7.13. The summed E-state index contributed by atoms with van der Waals surface area (Å²) in [6, 6.07) is 17.2. The van der Waals surface area contributed by atoms with Crippen molar-refractivity contribution in [2.24, 2.45) is 4.99 Å². The molecule has 0 aliphatic carbocycles. The molecule has 1 aliphatic rings. The van der Waals surface area contributed by atoms with Crippen LogP contribution in [0.2, 0.25) is 0 Å². The maximum atomic E-state index is 12.9. The van der Waals surface area contributed by atoms with E-state index in [-0.39, 0.29) is 11.7 Å². The zero-order valence-corrected chi connectivity index (χ0v) is 15.6. The number of carbonyl (C=O) groups excluding carboxylic acids is 1. The number of rotatable bonds is 3. The van der Waals surface area contributed by atoms with Crippen molar-refractivity contribution in [2.75, 3.05) is 0 Å². The molecular formula is C21H13F3N2O2S. The largest absolute Gasteiger partial charge is 0.457 e. The smallest absolute Gasteiger partial charge is 0.416 e. The van der Waals surface area contributed by atoms with Gasteiger partial charge in [0.05, 0.1) is 16.2 Å². The van der Waals surface area contributed by atoms with Crippen molar-refractivity contribution in [1.29, 1.82) is 0 Å². The predicted octanol–water partition coefficient (Wildman–Crippen LogP) is 5.86. The van der Waals surface area contributed by atoms with Gasteiger partial charge in [-0.15, -0.1) is 0 Å². The van der Waals surface area contributed by atoms with Crippen LogP contribution < -0.4 is 5.32 Å². The third-order valence-corrected chi connectivity index (χ3v) is 4.92. The number of amides is 1. The molecule has 2 heterocycles. The van der Waals surface area contributed by atoms with E-state index in [4.69, 9.17) is 4.42 Å². The second kappa shape index (κ2) is 7.63. The Hall–Kier alpha value is -3.26. The first-order valence-electron chi connectivity index (χ1n) is 8.50. The number of aliphatic imine (C=N–C) groups is 1. The molecular weight excluding hydrogens is 401 g/mol. The molecule has 0 saturated carbocycles. The summed E-state index contributed by atoms with van der Waals surface area (Å²) >= 11 is 1.16. The highest BCUT2D eigenvalue weighted by Gasteiger charge is 2.30. The van der Waals surface area contributed by atoms with Gasteiger partial charge in [-0.05, 0) is 48.2 Å². The number of hydrogen-bond acceptors (Lipinski definition) is 4. The lowest BCUT2D eigenvalue weighted by atomic mass is 10.1. The van der Waals surface area contributed by atoms with Gasteiger partial charge in [0.15, 0.2) is 5.17 Å². The number of alkyl halides is 3. The minimum Gasteiger partial charge on any atom is -0.457 e. The van der Waals surface area contributed by atoms with Crippen LogP contribution in [0.15, 0.2) is 81.0 Å². The normalized spacial score (nSPS) is 17.1. The number of hydrogen-bond donors (Lipinski definition) is 1. The van der Waals surface area contributed by atoms with Gasteiger partial charge < -0.3 is 9.73 Å². The molecule has 0 bridgehead atoms. The van der Waals surface area contributed by atoms with E-state index >= 15 is 0 Å². The Bertz CT molecular complexity index is 1120. The molecule has 1 saturated heterocycles. The molecule has 1 aromatic heterocycles. The zero-order valence-electron chi connectivity index (χ0n) is 14.7. The summed E-state index contributed by atoms with van der Waals surface area (Å²) in [5.41, 5.74) is 0.263. The van der Waals surface area contributed by atoms with Crippen LogP contribution in [0.25, 0.3) is 17.4 Å². The summed E-state index contributed by atoms with van der Waals surface area (Å²) in [5, 5.41) is 3.12. The minimum absolute atomic E-state index is 0.282. The van der Waals surface area contributed by atoms with Crippen LogP contribution in [-0.2, 0) is 11.0 Å². The van der Waals surface area contributed by atoms with Gasteiger partial charge in [0.25, 0.3) is 5.91 Å². The van der Waals surface area contributed by atoms with Crippen LogP contribution >= 0.6 is 11.8 Å². The molecule has 4 rings (SSSR count). The van der Waals surface area contributed by atoms with E-state index in [1.807, 2.05) is 30.3 Å². The Kier molecular flexibility index (Phi) is 5.02. The van der Waals surface area contributed by atoms with Crippen molar-refractivity contribution < 1.29 is 22.4 Å². The number of thioether (sulfide) groups is 1. The molecule has 2 aromatic carbocycles. The van der Waals surface area contributed by atoms with Crippen LogP contribution in [0.4, 0.5) is 18.9 Å². The molecule has 1 fully saturated rings. The first-order valence-corrected chi connectivity index (χ1v) is 9.32. The first kappa shape index (κ1) is 19.1. The molecule has 0 spiro atoms. The summed E-state index contributed by atoms with van der Waals surface area (Å²) in [5.74, 6) is 0.322. The highest BCUT2D eigenvalue weighted by molar-refractivity contribution is 8.18. The van der Waals surface area contributed by atoms with Crippen LogP contribution in [-0.4, -0.2) is 11.1 Å². The molecule has 0 radical (unpaired) electrons. The molecule has 4 nitrogen and oxygen atoms in total. The number of nitrogens with zero attached hydrogens (tertiary/aromatic N) is 1. The number of carbonyl (C=O) groups is 1.